The Hall–Kier alpha value is -2.53. The van der Waals surface area contributed by atoms with E-state index in [0.29, 0.717) is 5.02 Å². The van der Waals surface area contributed by atoms with Gasteiger partial charge in [0.05, 0.1) is 17.8 Å². The molecule has 0 aliphatic rings. The van der Waals surface area contributed by atoms with Gasteiger partial charge in [-0.1, -0.05) is 29.8 Å². The van der Waals surface area contributed by atoms with Crippen molar-refractivity contribution in [1.29, 1.82) is 0 Å². The number of nitrogens with one attached hydrogen (secondary N) is 1. The van der Waals surface area contributed by atoms with Crippen LogP contribution in [0.15, 0.2) is 48.8 Å². The Morgan fingerprint density at radius 2 is 2.00 bits per heavy atom. The molecule has 0 aliphatic carbocycles. The molecule has 0 spiro atoms. The van der Waals surface area contributed by atoms with E-state index in [-0.39, 0.29) is 23.8 Å². The normalized spacial score (nSPS) is 12.8. The number of carbonyl (C=O) groups is 1. The molecule has 6 heteroatoms. The molecule has 0 bridgehead atoms. The molecule has 142 valence electrons. The predicted molar refractivity (Wildman–Crippen MR) is 108 cm³/mol. The van der Waals surface area contributed by atoms with Gasteiger partial charge in [0.15, 0.2) is 0 Å². The number of methoxy groups -OCH3 is 1. The highest BCUT2D eigenvalue weighted by molar-refractivity contribution is 6.30. The summed E-state index contributed by atoms with van der Waals surface area (Å²) in [5, 5.41) is 3.65. The molecule has 27 heavy (non-hydrogen) atoms. The molecule has 1 unspecified atom stereocenters. The number of nitrogens with zero attached hydrogens (tertiary/aromatic N) is 2. The second-order valence-electron chi connectivity index (χ2n) is 7.56. The fourth-order valence-corrected chi connectivity index (χ4v) is 3.37. The van der Waals surface area contributed by atoms with Crippen molar-refractivity contribution >= 4 is 23.2 Å². The SMILES string of the molecule is COc1ccccc1C(CC(=O)NC(C)(C)C)c1cnc2ccc(Cl)cn12. The first kappa shape index (κ1) is 19.2. The van der Waals surface area contributed by atoms with Crippen LogP contribution in [0.2, 0.25) is 5.02 Å². The number of benzene rings is 1. The minimum Gasteiger partial charge on any atom is -0.496 e. The third-order valence-corrected chi connectivity index (χ3v) is 4.50. The topological polar surface area (TPSA) is 55.6 Å². The monoisotopic (exact) mass is 385 g/mol. The number of aromatic nitrogens is 2. The van der Waals surface area contributed by atoms with Gasteiger partial charge in [0.25, 0.3) is 0 Å². The molecule has 1 aromatic carbocycles. The first-order valence-electron chi connectivity index (χ1n) is 8.85. The zero-order chi connectivity index (χ0) is 19.6. The van der Waals surface area contributed by atoms with Crippen LogP contribution >= 0.6 is 11.6 Å². The van der Waals surface area contributed by atoms with Gasteiger partial charge in [-0.3, -0.25) is 4.79 Å². The molecule has 2 aromatic heterocycles. The highest BCUT2D eigenvalue weighted by Crippen LogP contribution is 2.35. The largest absolute Gasteiger partial charge is 0.496 e. The van der Waals surface area contributed by atoms with Gasteiger partial charge in [-0.05, 0) is 39.0 Å². The van der Waals surface area contributed by atoms with Crippen LogP contribution in [0.3, 0.4) is 0 Å². The first-order chi connectivity index (χ1) is 12.8. The van der Waals surface area contributed by atoms with Gasteiger partial charge >= 0.3 is 0 Å². The van der Waals surface area contributed by atoms with E-state index in [1.807, 2.05) is 61.7 Å². The minimum absolute atomic E-state index is 0.0321. The van der Waals surface area contributed by atoms with E-state index in [4.69, 9.17) is 16.3 Å². The fraction of sp³-hybridized carbons (Fsp3) is 0.333. The summed E-state index contributed by atoms with van der Waals surface area (Å²) >= 11 is 6.20. The van der Waals surface area contributed by atoms with E-state index in [1.165, 1.54) is 0 Å². The quantitative estimate of drug-likeness (QED) is 0.706. The molecule has 1 N–H and O–H groups in total. The van der Waals surface area contributed by atoms with Crippen molar-refractivity contribution in [1.82, 2.24) is 14.7 Å². The lowest BCUT2D eigenvalue weighted by atomic mass is 9.91. The lowest BCUT2D eigenvalue weighted by Gasteiger charge is -2.24. The molecule has 1 atom stereocenters. The van der Waals surface area contributed by atoms with Crippen molar-refractivity contribution in [3.63, 3.8) is 0 Å². The molecular weight excluding hydrogens is 362 g/mol. The zero-order valence-corrected chi connectivity index (χ0v) is 16.7. The van der Waals surface area contributed by atoms with Crippen LogP contribution in [-0.2, 0) is 4.79 Å². The van der Waals surface area contributed by atoms with E-state index in [9.17, 15) is 4.79 Å². The van der Waals surface area contributed by atoms with Crippen molar-refractivity contribution < 1.29 is 9.53 Å². The summed E-state index contributed by atoms with van der Waals surface area (Å²) in [5.41, 5.74) is 2.31. The van der Waals surface area contributed by atoms with Gasteiger partial charge in [-0.25, -0.2) is 4.98 Å². The van der Waals surface area contributed by atoms with Crippen LogP contribution in [0.4, 0.5) is 0 Å². The van der Waals surface area contributed by atoms with Gasteiger partial charge in [-0.2, -0.15) is 0 Å². The van der Waals surface area contributed by atoms with Gasteiger partial charge in [0, 0.05) is 35.8 Å². The molecule has 3 rings (SSSR count). The van der Waals surface area contributed by atoms with E-state index >= 15 is 0 Å². The lowest BCUT2D eigenvalue weighted by Crippen LogP contribution is -2.41. The third-order valence-electron chi connectivity index (χ3n) is 4.27. The number of para-hydroxylation sites is 1. The van der Waals surface area contributed by atoms with E-state index in [0.717, 1.165) is 22.7 Å². The summed E-state index contributed by atoms with van der Waals surface area (Å²) in [4.78, 5) is 17.2. The number of ether oxygens (including phenoxy) is 1. The molecule has 0 radical (unpaired) electrons. The van der Waals surface area contributed by atoms with E-state index in [2.05, 4.69) is 10.3 Å². The summed E-state index contributed by atoms with van der Waals surface area (Å²) in [6.07, 6.45) is 3.90. The molecule has 0 fully saturated rings. The van der Waals surface area contributed by atoms with Gasteiger partial charge in [0.1, 0.15) is 11.4 Å². The van der Waals surface area contributed by atoms with E-state index in [1.54, 1.807) is 19.4 Å². The van der Waals surface area contributed by atoms with Crippen LogP contribution in [0.5, 0.6) is 5.75 Å². The number of carbonyl (C=O) groups excluding carboxylic acids is 1. The molecule has 5 nitrogen and oxygen atoms in total. The van der Waals surface area contributed by atoms with Crippen LogP contribution in [-0.4, -0.2) is 27.9 Å². The number of pyridine rings is 1. The third kappa shape index (κ3) is 4.42. The van der Waals surface area contributed by atoms with Gasteiger partial charge in [-0.15, -0.1) is 0 Å². The number of hydrogen-bond acceptors (Lipinski definition) is 3. The number of imidazole rings is 1. The Labute approximate surface area is 164 Å². The van der Waals surface area contributed by atoms with Crippen LogP contribution < -0.4 is 10.1 Å². The zero-order valence-electron chi connectivity index (χ0n) is 16.0. The molecule has 3 aromatic rings. The molecular formula is C21H24ClN3O2. The second-order valence-corrected chi connectivity index (χ2v) is 7.99. The Morgan fingerprint density at radius 3 is 2.70 bits per heavy atom. The highest BCUT2D eigenvalue weighted by atomic mass is 35.5. The van der Waals surface area contributed by atoms with E-state index < -0.39 is 0 Å². The number of hydrogen-bond donors (Lipinski definition) is 1. The summed E-state index contributed by atoms with van der Waals surface area (Å²) < 4.78 is 7.49. The smallest absolute Gasteiger partial charge is 0.221 e. The molecule has 1 amide bonds. The molecule has 0 saturated heterocycles. The molecule has 0 aliphatic heterocycles. The number of amides is 1. The van der Waals surface area contributed by atoms with Crippen molar-refractivity contribution in [3.05, 3.63) is 65.1 Å². The standard InChI is InChI=1S/C21H24ClN3O2/c1-21(2,3)24-20(26)11-16(15-7-5-6-8-18(15)27-4)17-12-23-19-10-9-14(22)13-25(17)19/h5-10,12-13,16H,11H2,1-4H3,(H,24,26). The van der Waals surface area contributed by atoms with Crippen molar-refractivity contribution in [2.45, 2.75) is 38.6 Å². The minimum atomic E-state index is -0.300. The summed E-state index contributed by atoms with van der Waals surface area (Å²) in [6.45, 7) is 5.91. The maximum atomic E-state index is 12.7. The average molecular weight is 386 g/mol. The Balaban J connectivity index is 2.09. The Morgan fingerprint density at radius 1 is 1.26 bits per heavy atom. The lowest BCUT2D eigenvalue weighted by molar-refractivity contribution is -0.122. The molecule has 2 heterocycles. The van der Waals surface area contributed by atoms with Crippen molar-refractivity contribution in [2.24, 2.45) is 0 Å². The highest BCUT2D eigenvalue weighted by Gasteiger charge is 2.26. The number of rotatable bonds is 5. The number of halogens is 1. The second kappa shape index (κ2) is 7.61. The number of fused-ring (bicyclic) bond motifs is 1. The Kier molecular flexibility index (Phi) is 5.42. The van der Waals surface area contributed by atoms with Crippen molar-refractivity contribution in [3.8, 4) is 5.75 Å². The average Bonchev–Trinajstić information content (AvgIpc) is 3.01. The summed E-state index contributed by atoms with van der Waals surface area (Å²) in [5.74, 6) is 0.482. The first-order valence-corrected chi connectivity index (χ1v) is 9.23. The van der Waals surface area contributed by atoms with Crippen molar-refractivity contribution in [2.75, 3.05) is 7.11 Å². The summed E-state index contributed by atoms with van der Waals surface area (Å²) in [6, 6.07) is 11.4. The maximum absolute atomic E-state index is 12.7. The molecule has 0 saturated carbocycles. The predicted octanol–water partition coefficient (Wildman–Crippen LogP) is 4.43. The van der Waals surface area contributed by atoms with Gasteiger partial charge < -0.3 is 14.5 Å². The maximum Gasteiger partial charge on any atom is 0.221 e. The summed E-state index contributed by atoms with van der Waals surface area (Å²) in [7, 11) is 1.64. The van der Waals surface area contributed by atoms with Crippen LogP contribution in [0.1, 0.15) is 44.4 Å². The van der Waals surface area contributed by atoms with Crippen LogP contribution in [0, 0.1) is 0 Å². The fourth-order valence-electron chi connectivity index (χ4n) is 3.21. The van der Waals surface area contributed by atoms with Gasteiger partial charge in [0.2, 0.25) is 5.91 Å². The van der Waals surface area contributed by atoms with Crippen LogP contribution in [0.25, 0.3) is 5.65 Å². The Bertz CT molecular complexity index is 959.